The zero-order valence-electron chi connectivity index (χ0n) is 11.6. The van der Waals surface area contributed by atoms with Gasteiger partial charge in [0.1, 0.15) is 5.78 Å². The number of benzene rings is 2. The van der Waals surface area contributed by atoms with Gasteiger partial charge in [0, 0.05) is 18.4 Å². The maximum absolute atomic E-state index is 12.0. The summed E-state index contributed by atoms with van der Waals surface area (Å²) in [6, 6.07) is 14.3. The normalized spacial score (nSPS) is 11.7. The molecule has 0 radical (unpaired) electrons. The lowest BCUT2D eigenvalue weighted by Crippen LogP contribution is -2.32. The summed E-state index contributed by atoms with van der Waals surface area (Å²) in [4.78, 5) is 12.0. The van der Waals surface area contributed by atoms with Crippen LogP contribution in [0.2, 0.25) is 0 Å². The van der Waals surface area contributed by atoms with Gasteiger partial charge < -0.3 is 5.73 Å². The van der Waals surface area contributed by atoms with Crippen LogP contribution in [0.3, 0.4) is 0 Å². The maximum atomic E-state index is 12.0. The fraction of sp³-hybridized carbons (Fsp3) is 0.353. The highest BCUT2D eigenvalue weighted by molar-refractivity contribution is 5.90. The van der Waals surface area contributed by atoms with Gasteiger partial charge in [-0.05, 0) is 36.6 Å². The Morgan fingerprint density at radius 1 is 1.11 bits per heavy atom. The van der Waals surface area contributed by atoms with Crippen LogP contribution in [0.15, 0.2) is 42.5 Å². The molecule has 2 N–H and O–H groups in total. The second-order valence-corrected chi connectivity index (χ2v) is 5.84. The Hall–Kier alpha value is -1.67. The third-order valence-corrected chi connectivity index (χ3v) is 3.32. The predicted molar refractivity (Wildman–Crippen MR) is 80.2 cm³/mol. The number of ketones is 1. The van der Waals surface area contributed by atoms with E-state index in [1.54, 1.807) is 0 Å². The molecule has 0 saturated carbocycles. The molecule has 2 aromatic carbocycles. The van der Waals surface area contributed by atoms with Crippen molar-refractivity contribution in [3.8, 4) is 0 Å². The molecule has 0 atom stereocenters. The molecule has 0 fully saturated rings. The molecule has 0 heterocycles. The Morgan fingerprint density at radius 3 is 2.53 bits per heavy atom. The number of hydrogen-bond donors (Lipinski definition) is 1. The van der Waals surface area contributed by atoms with Gasteiger partial charge in [0.25, 0.3) is 0 Å². The highest BCUT2D eigenvalue weighted by Crippen LogP contribution is 2.20. The van der Waals surface area contributed by atoms with Crippen LogP contribution in [0.1, 0.15) is 32.3 Å². The number of hydrogen-bond acceptors (Lipinski definition) is 2. The number of Topliss-reactive ketones (excluding diaryl/α,β-unsaturated/α-hetero) is 1. The largest absolute Gasteiger partial charge is 0.326 e. The molecule has 0 aromatic heterocycles. The first-order chi connectivity index (χ1) is 8.96. The number of fused-ring (bicyclic) bond motifs is 1. The molecule has 0 aliphatic heterocycles. The molecule has 0 saturated heterocycles. The molecular weight excluding hydrogens is 234 g/mol. The first-order valence-electron chi connectivity index (χ1n) is 6.73. The van der Waals surface area contributed by atoms with Gasteiger partial charge in [-0.15, -0.1) is 0 Å². The van der Waals surface area contributed by atoms with E-state index in [2.05, 4.69) is 18.2 Å². The minimum atomic E-state index is -0.269. The number of carbonyl (C=O) groups excluding carboxylic acids is 1. The van der Waals surface area contributed by atoms with Crippen molar-refractivity contribution in [3.05, 3.63) is 48.0 Å². The van der Waals surface area contributed by atoms with E-state index in [1.165, 1.54) is 10.8 Å². The van der Waals surface area contributed by atoms with Crippen LogP contribution in [-0.4, -0.2) is 11.3 Å². The number of nitrogens with two attached hydrogens (primary N) is 1. The Morgan fingerprint density at radius 2 is 1.79 bits per heavy atom. The van der Waals surface area contributed by atoms with E-state index in [9.17, 15) is 4.79 Å². The van der Waals surface area contributed by atoms with Crippen LogP contribution in [0.4, 0.5) is 0 Å². The van der Waals surface area contributed by atoms with Crippen molar-refractivity contribution in [1.82, 2.24) is 0 Å². The number of carbonyl (C=O) groups is 1. The second kappa shape index (κ2) is 5.54. The van der Waals surface area contributed by atoms with Crippen LogP contribution < -0.4 is 5.73 Å². The standard InChI is InChI=1S/C17H21NO/c1-17(2,18)11-10-15(19)12-14-8-5-7-13-6-3-4-9-16(13)14/h3-9H,10-12,18H2,1-2H3. The van der Waals surface area contributed by atoms with Crippen LogP contribution >= 0.6 is 0 Å². The lowest BCUT2D eigenvalue weighted by Gasteiger charge is -2.17. The van der Waals surface area contributed by atoms with Gasteiger partial charge in [0.05, 0.1) is 0 Å². The Bertz CT molecular complexity index is 576. The molecule has 2 rings (SSSR count). The summed E-state index contributed by atoms with van der Waals surface area (Å²) in [5.41, 5.74) is 6.76. The molecular formula is C17H21NO. The van der Waals surface area contributed by atoms with Crippen molar-refractivity contribution in [2.45, 2.75) is 38.6 Å². The van der Waals surface area contributed by atoms with E-state index in [4.69, 9.17) is 5.73 Å². The second-order valence-electron chi connectivity index (χ2n) is 5.84. The molecule has 0 unspecified atom stereocenters. The van der Waals surface area contributed by atoms with Crippen LogP contribution in [0.25, 0.3) is 10.8 Å². The third-order valence-electron chi connectivity index (χ3n) is 3.32. The van der Waals surface area contributed by atoms with Gasteiger partial charge in [0.2, 0.25) is 0 Å². The van der Waals surface area contributed by atoms with E-state index < -0.39 is 0 Å². The minimum Gasteiger partial charge on any atom is -0.326 e. The quantitative estimate of drug-likeness (QED) is 0.889. The van der Waals surface area contributed by atoms with Crippen molar-refractivity contribution >= 4 is 16.6 Å². The smallest absolute Gasteiger partial charge is 0.137 e. The van der Waals surface area contributed by atoms with Crippen LogP contribution in [0.5, 0.6) is 0 Å². The summed E-state index contributed by atoms with van der Waals surface area (Å²) in [6.07, 6.45) is 1.78. The first-order valence-corrected chi connectivity index (χ1v) is 6.73. The van der Waals surface area contributed by atoms with Gasteiger partial charge in [-0.1, -0.05) is 42.5 Å². The molecule has 0 aliphatic carbocycles. The van der Waals surface area contributed by atoms with Crippen LogP contribution in [-0.2, 0) is 11.2 Å². The monoisotopic (exact) mass is 255 g/mol. The molecule has 0 spiro atoms. The Labute approximate surface area is 114 Å². The summed E-state index contributed by atoms with van der Waals surface area (Å²) >= 11 is 0. The molecule has 0 aliphatic rings. The summed E-state index contributed by atoms with van der Waals surface area (Å²) in [6.45, 7) is 3.91. The summed E-state index contributed by atoms with van der Waals surface area (Å²) in [5, 5.41) is 2.36. The van der Waals surface area contributed by atoms with Gasteiger partial charge in [-0.2, -0.15) is 0 Å². The summed E-state index contributed by atoms with van der Waals surface area (Å²) in [5.74, 6) is 0.259. The van der Waals surface area contributed by atoms with E-state index in [0.29, 0.717) is 12.8 Å². The van der Waals surface area contributed by atoms with E-state index >= 15 is 0 Å². The predicted octanol–water partition coefficient (Wildman–Crippen LogP) is 3.47. The van der Waals surface area contributed by atoms with E-state index in [0.717, 1.165) is 12.0 Å². The van der Waals surface area contributed by atoms with Gasteiger partial charge in [-0.25, -0.2) is 0 Å². The van der Waals surface area contributed by atoms with Crippen molar-refractivity contribution in [1.29, 1.82) is 0 Å². The van der Waals surface area contributed by atoms with Crippen LogP contribution in [0, 0.1) is 0 Å². The lowest BCUT2D eigenvalue weighted by molar-refractivity contribution is -0.118. The molecule has 2 aromatic rings. The molecule has 19 heavy (non-hydrogen) atoms. The van der Waals surface area contributed by atoms with Gasteiger partial charge >= 0.3 is 0 Å². The summed E-state index contributed by atoms with van der Waals surface area (Å²) in [7, 11) is 0. The summed E-state index contributed by atoms with van der Waals surface area (Å²) < 4.78 is 0. The highest BCUT2D eigenvalue weighted by Gasteiger charge is 2.14. The molecule has 2 heteroatoms. The van der Waals surface area contributed by atoms with E-state index in [1.807, 2.05) is 38.1 Å². The van der Waals surface area contributed by atoms with Crippen molar-refractivity contribution < 1.29 is 4.79 Å². The fourth-order valence-electron chi connectivity index (χ4n) is 2.21. The topological polar surface area (TPSA) is 43.1 Å². The van der Waals surface area contributed by atoms with Gasteiger partial charge in [0.15, 0.2) is 0 Å². The van der Waals surface area contributed by atoms with Crippen molar-refractivity contribution in [2.24, 2.45) is 5.73 Å². The zero-order valence-corrected chi connectivity index (χ0v) is 11.6. The molecule has 2 nitrogen and oxygen atoms in total. The highest BCUT2D eigenvalue weighted by atomic mass is 16.1. The Balaban J connectivity index is 2.11. The molecule has 100 valence electrons. The van der Waals surface area contributed by atoms with E-state index in [-0.39, 0.29) is 11.3 Å². The van der Waals surface area contributed by atoms with Gasteiger partial charge in [-0.3, -0.25) is 4.79 Å². The molecule has 0 amide bonds. The van der Waals surface area contributed by atoms with Crippen molar-refractivity contribution in [3.63, 3.8) is 0 Å². The average molecular weight is 255 g/mol. The molecule has 0 bridgehead atoms. The SMILES string of the molecule is CC(C)(N)CCC(=O)Cc1cccc2ccccc12. The Kier molecular flexibility index (Phi) is 4.01. The zero-order chi connectivity index (χ0) is 13.9. The minimum absolute atomic E-state index is 0.259. The maximum Gasteiger partial charge on any atom is 0.137 e. The number of rotatable bonds is 5. The lowest BCUT2D eigenvalue weighted by atomic mass is 9.94. The fourth-order valence-corrected chi connectivity index (χ4v) is 2.21. The first kappa shape index (κ1) is 13.8. The average Bonchev–Trinajstić information content (AvgIpc) is 2.36. The third kappa shape index (κ3) is 3.90. The van der Waals surface area contributed by atoms with Crippen molar-refractivity contribution in [2.75, 3.05) is 0 Å².